The number of aryl methyl sites for hydroxylation is 1. The van der Waals surface area contributed by atoms with E-state index in [0.29, 0.717) is 35.2 Å². The van der Waals surface area contributed by atoms with E-state index in [2.05, 4.69) is 4.90 Å². The predicted octanol–water partition coefficient (Wildman–Crippen LogP) is 6.21. The zero-order valence-corrected chi connectivity index (χ0v) is 19.0. The molecule has 1 heterocycles. The summed E-state index contributed by atoms with van der Waals surface area (Å²) in [5.74, 6) is -2.01. The van der Waals surface area contributed by atoms with E-state index in [9.17, 15) is 13.6 Å². The number of carbonyl (C=O) groups is 1. The number of hydrogen-bond donors (Lipinski definition) is 0. The Labute approximate surface area is 196 Å². The van der Waals surface area contributed by atoms with Crippen LogP contribution >= 0.6 is 23.2 Å². The highest BCUT2D eigenvalue weighted by Crippen LogP contribution is 2.36. The fourth-order valence-corrected chi connectivity index (χ4v) is 4.52. The lowest BCUT2D eigenvalue weighted by Crippen LogP contribution is -2.51. The number of rotatable bonds is 4. The van der Waals surface area contributed by atoms with E-state index < -0.39 is 11.6 Å². The Morgan fingerprint density at radius 3 is 2.41 bits per heavy atom. The largest absolute Gasteiger partial charge is 0.360 e. The molecular formula is C25H22Cl2F2N2O. The Balaban J connectivity index is 1.60. The topological polar surface area (TPSA) is 23.6 Å². The lowest BCUT2D eigenvalue weighted by Gasteiger charge is -2.43. The molecule has 3 nitrogen and oxygen atoms in total. The van der Waals surface area contributed by atoms with Gasteiger partial charge in [0.15, 0.2) is 11.6 Å². The van der Waals surface area contributed by atoms with Crippen molar-refractivity contribution in [2.45, 2.75) is 19.4 Å². The van der Waals surface area contributed by atoms with Crippen molar-refractivity contribution < 1.29 is 13.6 Å². The molecule has 3 aromatic rings. The number of nitrogens with zero attached hydrogens (tertiary/aromatic N) is 2. The lowest BCUT2D eigenvalue weighted by molar-refractivity contribution is -0.131. The molecular weight excluding hydrogens is 453 g/mol. The summed E-state index contributed by atoms with van der Waals surface area (Å²) in [6.07, 6.45) is 0.00975. The molecule has 0 N–H and O–H groups in total. The summed E-state index contributed by atoms with van der Waals surface area (Å²) < 4.78 is 26.8. The Kier molecular flexibility index (Phi) is 6.68. The Morgan fingerprint density at radius 1 is 0.969 bits per heavy atom. The van der Waals surface area contributed by atoms with Crippen LogP contribution < -0.4 is 4.90 Å². The van der Waals surface area contributed by atoms with Crippen LogP contribution in [-0.2, 0) is 11.2 Å². The molecule has 1 aliphatic heterocycles. The van der Waals surface area contributed by atoms with Crippen molar-refractivity contribution in [1.82, 2.24) is 4.90 Å². The van der Waals surface area contributed by atoms with Crippen LogP contribution in [0.5, 0.6) is 0 Å². The molecule has 7 heteroatoms. The van der Waals surface area contributed by atoms with Crippen molar-refractivity contribution in [3.8, 4) is 0 Å². The second-order valence-electron chi connectivity index (χ2n) is 7.98. The van der Waals surface area contributed by atoms with Crippen molar-refractivity contribution in [3.05, 3.63) is 99.0 Å². The second-order valence-corrected chi connectivity index (χ2v) is 8.82. The van der Waals surface area contributed by atoms with Gasteiger partial charge in [0.1, 0.15) is 0 Å². The molecule has 1 unspecified atom stereocenters. The van der Waals surface area contributed by atoms with Crippen LogP contribution in [0.2, 0.25) is 10.0 Å². The number of carbonyl (C=O) groups excluding carboxylic acids is 1. The van der Waals surface area contributed by atoms with Gasteiger partial charge in [0.25, 0.3) is 0 Å². The van der Waals surface area contributed by atoms with Gasteiger partial charge in [-0.15, -0.1) is 0 Å². The minimum atomic E-state index is -0.951. The Hall–Kier alpha value is -2.63. The van der Waals surface area contributed by atoms with Crippen molar-refractivity contribution >= 4 is 34.8 Å². The van der Waals surface area contributed by atoms with Crippen molar-refractivity contribution in [1.29, 1.82) is 0 Å². The van der Waals surface area contributed by atoms with Crippen LogP contribution in [0.25, 0.3) is 0 Å². The molecule has 0 bridgehead atoms. The highest BCUT2D eigenvalue weighted by atomic mass is 35.5. The molecule has 1 aliphatic rings. The first kappa shape index (κ1) is 22.6. The average molecular weight is 475 g/mol. The zero-order chi connectivity index (χ0) is 22.8. The molecule has 166 valence electrons. The van der Waals surface area contributed by atoms with Gasteiger partial charge in [0, 0.05) is 24.7 Å². The van der Waals surface area contributed by atoms with Crippen molar-refractivity contribution in [3.63, 3.8) is 0 Å². The fourth-order valence-electron chi connectivity index (χ4n) is 4.05. The van der Waals surface area contributed by atoms with E-state index in [0.717, 1.165) is 28.9 Å². The molecule has 1 fully saturated rings. The summed E-state index contributed by atoms with van der Waals surface area (Å²) in [7, 11) is 0. The smallest absolute Gasteiger partial charge is 0.227 e. The van der Waals surface area contributed by atoms with Gasteiger partial charge in [0.05, 0.1) is 23.2 Å². The summed E-state index contributed by atoms with van der Waals surface area (Å²) in [6, 6.07) is 16.9. The molecule has 1 amide bonds. The lowest BCUT2D eigenvalue weighted by atomic mass is 10.00. The molecule has 0 aromatic heterocycles. The zero-order valence-electron chi connectivity index (χ0n) is 17.5. The molecule has 0 saturated carbocycles. The first-order valence-corrected chi connectivity index (χ1v) is 11.1. The number of piperazine rings is 1. The fraction of sp³-hybridized carbons (Fsp3) is 0.240. The SMILES string of the molecule is Cc1ccc(N2CCN(C(=O)Cc3ccc(F)c(F)c3)CC2c2ccc(Cl)cc2)c(Cl)c1. The van der Waals surface area contributed by atoms with Crippen LogP contribution in [0.15, 0.2) is 60.7 Å². The first-order chi connectivity index (χ1) is 15.3. The maximum absolute atomic E-state index is 13.6. The number of amides is 1. The van der Waals surface area contributed by atoms with Crippen LogP contribution in [0.4, 0.5) is 14.5 Å². The van der Waals surface area contributed by atoms with Crippen LogP contribution in [0.3, 0.4) is 0 Å². The first-order valence-electron chi connectivity index (χ1n) is 10.3. The standard InChI is InChI=1S/C25H22Cl2F2N2O/c1-16-2-9-23(20(27)12-16)31-11-10-30(15-24(31)18-4-6-19(26)7-5-18)25(32)14-17-3-8-21(28)22(29)13-17/h2-9,12-13,24H,10-11,14-15H2,1H3. The second kappa shape index (κ2) is 9.47. The van der Waals surface area contributed by atoms with Gasteiger partial charge in [-0.2, -0.15) is 0 Å². The van der Waals surface area contributed by atoms with Gasteiger partial charge in [-0.3, -0.25) is 4.79 Å². The quantitative estimate of drug-likeness (QED) is 0.448. The van der Waals surface area contributed by atoms with E-state index in [1.807, 2.05) is 49.4 Å². The van der Waals surface area contributed by atoms with E-state index in [-0.39, 0.29) is 18.4 Å². The molecule has 0 radical (unpaired) electrons. The third-order valence-electron chi connectivity index (χ3n) is 5.74. The number of benzene rings is 3. The highest BCUT2D eigenvalue weighted by Gasteiger charge is 2.32. The number of hydrogen-bond acceptors (Lipinski definition) is 2. The van der Waals surface area contributed by atoms with Crippen LogP contribution in [-0.4, -0.2) is 30.4 Å². The van der Waals surface area contributed by atoms with E-state index in [1.54, 1.807) is 4.90 Å². The molecule has 4 rings (SSSR count). The van der Waals surface area contributed by atoms with Crippen LogP contribution in [0.1, 0.15) is 22.7 Å². The van der Waals surface area contributed by atoms with Crippen molar-refractivity contribution in [2.75, 3.05) is 24.5 Å². The minimum absolute atomic E-state index is 0.00975. The van der Waals surface area contributed by atoms with Gasteiger partial charge in [-0.25, -0.2) is 8.78 Å². The Morgan fingerprint density at radius 2 is 1.72 bits per heavy atom. The van der Waals surface area contributed by atoms with Gasteiger partial charge in [-0.1, -0.05) is 47.5 Å². The molecule has 3 aromatic carbocycles. The molecule has 0 aliphatic carbocycles. The molecule has 1 saturated heterocycles. The molecule has 0 spiro atoms. The normalized spacial score (nSPS) is 16.3. The molecule has 1 atom stereocenters. The van der Waals surface area contributed by atoms with Crippen LogP contribution in [0, 0.1) is 18.6 Å². The van der Waals surface area contributed by atoms with Gasteiger partial charge < -0.3 is 9.80 Å². The third kappa shape index (κ3) is 4.89. The highest BCUT2D eigenvalue weighted by molar-refractivity contribution is 6.33. The van der Waals surface area contributed by atoms with E-state index >= 15 is 0 Å². The number of halogens is 4. The third-order valence-corrected chi connectivity index (χ3v) is 6.29. The summed E-state index contributed by atoms with van der Waals surface area (Å²) in [5.41, 5.74) is 3.43. The monoisotopic (exact) mass is 474 g/mol. The van der Waals surface area contributed by atoms with E-state index in [4.69, 9.17) is 23.2 Å². The number of anilines is 1. The van der Waals surface area contributed by atoms with E-state index in [1.165, 1.54) is 6.07 Å². The predicted molar refractivity (Wildman–Crippen MR) is 124 cm³/mol. The average Bonchev–Trinajstić information content (AvgIpc) is 2.77. The maximum atomic E-state index is 13.6. The maximum Gasteiger partial charge on any atom is 0.227 e. The summed E-state index contributed by atoms with van der Waals surface area (Å²) in [5, 5.41) is 1.29. The minimum Gasteiger partial charge on any atom is -0.360 e. The van der Waals surface area contributed by atoms with Gasteiger partial charge in [-0.05, 0) is 60.0 Å². The summed E-state index contributed by atoms with van der Waals surface area (Å²) >= 11 is 12.6. The Bertz CT molecular complexity index is 1140. The summed E-state index contributed by atoms with van der Waals surface area (Å²) in [4.78, 5) is 17.0. The summed E-state index contributed by atoms with van der Waals surface area (Å²) in [6.45, 7) is 3.51. The molecule has 32 heavy (non-hydrogen) atoms. The van der Waals surface area contributed by atoms with Gasteiger partial charge in [0.2, 0.25) is 5.91 Å². The van der Waals surface area contributed by atoms with Gasteiger partial charge >= 0.3 is 0 Å². The van der Waals surface area contributed by atoms with Crippen molar-refractivity contribution in [2.24, 2.45) is 0 Å².